The Balaban J connectivity index is 2.27. The second-order valence-electron chi connectivity index (χ2n) is 5.50. The number of aliphatic hydroxyl groups excluding tert-OH is 2. The van der Waals surface area contributed by atoms with Gasteiger partial charge in [0.2, 0.25) is 0 Å². The Morgan fingerprint density at radius 1 is 1.35 bits per heavy atom. The van der Waals surface area contributed by atoms with Crippen LogP contribution < -0.4 is 4.74 Å². The number of aliphatic hydroxyl groups is 2. The zero-order valence-electron chi connectivity index (χ0n) is 11.0. The van der Waals surface area contributed by atoms with E-state index in [4.69, 9.17) is 9.84 Å². The van der Waals surface area contributed by atoms with Crippen LogP contribution in [0.15, 0.2) is 18.3 Å². The number of hydrogen-bond acceptors (Lipinski definition) is 4. The number of hydrogen-bond donors (Lipinski definition) is 4. The standard InChI is InChI=1S/C14H15NO5/c1-14(2)12(17)11(16)9-8(20-14)4-3-6-7(13(18)19)5-15-10(6)9/h3-5,11-12,15-17H,1-2H3,(H,18,19). The van der Waals surface area contributed by atoms with Gasteiger partial charge in [-0.2, -0.15) is 0 Å². The lowest BCUT2D eigenvalue weighted by atomic mass is 9.87. The molecule has 2 atom stereocenters. The molecule has 0 radical (unpaired) electrons. The van der Waals surface area contributed by atoms with Gasteiger partial charge in [0.15, 0.2) is 0 Å². The first-order chi connectivity index (χ1) is 9.33. The molecule has 2 heterocycles. The highest BCUT2D eigenvalue weighted by Gasteiger charge is 2.43. The molecule has 3 rings (SSSR count). The van der Waals surface area contributed by atoms with E-state index >= 15 is 0 Å². The predicted molar refractivity (Wildman–Crippen MR) is 70.9 cm³/mol. The van der Waals surface area contributed by atoms with Gasteiger partial charge in [0.05, 0.1) is 11.1 Å². The van der Waals surface area contributed by atoms with Gasteiger partial charge in [-0.15, -0.1) is 0 Å². The fourth-order valence-corrected chi connectivity index (χ4v) is 2.64. The van der Waals surface area contributed by atoms with Gasteiger partial charge in [0.25, 0.3) is 0 Å². The Morgan fingerprint density at radius 3 is 2.70 bits per heavy atom. The molecule has 0 saturated carbocycles. The van der Waals surface area contributed by atoms with Crippen molar-refractivity contribution >= 4 is 16.9 Å². The van der Waals surface area contributed by atoms with E-state index in [-0.39, 0.29) is 5.56 Å². The topological polar surface area (TPSA) is 103 Å². The molecule has 6 heteroatoms. The maximum Gasteiger partial charge on any atom is 0.337 e. The van der Waals surface area contributed by atoms with Crippen LogP contribution in [-0.4, -0.2) is 38.0 Å². The van der Waals surface area contributed by atoms with Crippen molar-refractivity contribution in [3.8, 4) is 5.75 Å². The summed E-state index contributed by atoms with van der Waals surface area (Å²) < 4.78 is 5.70. The summed E-state index contributed by atoms with van der Waals surface area (Å²) in [5.41, 5.74) is 0.0700. The van der Waals surface area contributed by atoms with Crippen LogP contribution in [0.3, 0.4) is 0 Å². The minimum atomic E-state index is -1.14. The molecular formula is C14H15NO5. The Bertz CT molecular complexity index is 703. The van der Waals surface area contributed by atoms with E-state index in [1.54, 1.807) is 26.0 Å². The van der Waals surface area contributed by atoms with E-state index in [1.165, 1.54) is 6.20 Å². The Labute approximate surface area is 114 Å². The molecule has 4 N–H and O–H groups in total. The lowest BCUT2D eigenvalue weighted by molar-refractivity contribution is -0.111. The lowest BCUT2D eigenvalue weighted by Gasteiger charge is -2.40. The SMILES string of the molecule is CC1(C)Oc2ccc3c(C(=O)O)c[nH]c3c2C(O)C1O. The summed E-state index contributed by atoms with van der Waals surface area (Å²) in [7, 11) is 0. The molecule has 6 nitrogen and oxygen atoms in total. The highest BCUT2D eigenvalue weighted by atomic mass is 16.5. The average molecular weight is 277 g/mol. The molecule has 1 aliphatic heterocycles. The molecular weight excluding hydrogens is 262 g/mol. The van der Waals surface area contributed by atoms with Crippen molar-refractivity contribution in [2.24, 2.45) is 0 Å². The lowest BCUT2D eigenvalue weighted by Crippen LogP contribution is -2.48. The van der Waals surface area contributed by atoms with E-state index in [0.717, 1.165) is 0 Å². The number of aromatic amines is 1. The largest absolute Gasteiger partial charge is 0.485 e. The molecule has 0 amide bonds. The van der Waals surface area contributed by atoms with Crippen LogP contribution in [0.2, 0.25) is 0 Å². The minimum absolute atomic E-state index is 0.120. The van der Waals surface area contributed by atoms with Gasteiger partial charge < -0.3 is 25.0 Å². The Hall–Kier alpha value is -2.05. The maximum atomic E-state index is 11.1. The summed E-state index contributed by atoms with van der Waals surface area (Å²) >= 11 is 0. The third-order valence-electron chi connectivity index (χ3n) is 3.77. The predicted octanol–water partition coefficient (Wildman–Crippen LogP) is 1.43. The number of carboxylic acids is 1. The normalized spacial score (nSPS) is 24.2. The first-order valence-electron chi connectivity index (χ1n) is 6.25. The quantitative estimate of drug-likeness (QED) is 0.631. The number of aromatic carboxylic acids is 1. The minimum Gasteiger partial charge on any atom is -0.485 e. The van der Waals surface area contributed by atoms with E-state index in [1.807, 2.05) is 0 Å². The van der Waals surface area contributed by atoms with Gasteiger partial charge in [-0.25, -0.2) is 4.79 Å². The summed E-state index contributed by atoms with van der Waals surface area (Å²) in [6, 6.07) is 3.25. The molecule has 106 valence electrons. The summed E-state index contributed by atoms with van der Waals surface area (Å²) in [4.78, 5) is 14.0. The molecule has 0 spiro atoms. The zero-order chi connectivity index (χ0) is 14.7. The van der Waals surface area contributed by atoms with Gasteiger partial charge in [0, 0.05) is 17.1 Å². The third-order valence-corrected chi connectivity index (χ3v) is 3.77. The smallest absolute Gasteiger partial charge is 0.337 e. The van der Waals surface area contributed by atoms with E-state index in [9.17, 15) is 15.0 Å². The van der Waals surface area contributed by atoms with Crippen LogP contribution in [0, 0.1) is 0 Å². The summed E-state index contributed by atoms with van der Waals surface area (Å²) in [5.74, 6) is -0.609. The van der Waals surface area contributed by atoms with Crippen molar-refractivity contribution < 1.29 is 24.9 Å². The summed E-state index contributed by atoms with van der Waals surface area (Å²) in [6.45, 7) is 3.37. The number of nitrogens with one attached hydrogen (secondary N) is 1. The maximum absolute atomic E-state index is 11.1. The molecule has 0 aliphatic carbocycles. The van der Waals surface area contributed by atoms with Crippen molar-refractivity contribution in [1.29, 1.82) is 0 Å². The molecule has 20 heavy (non-hydrogen) atoms. The number of benzene rings is 1. The zero-order valence-corrected chi connectivity index (χ0v) is 11.0. The van der Waals surface area contributed by atoms with Gasteiger partial charge in [0.1, 0.15) is 23.6 Å². The number of rotatable bonds is 1. The van der Waals surface area contributed by atoms with Crippen molar-refractivity contribution in [2.75, 3.05) is 0 Å². The monoisotopic (exact) mass is 277 g/mol. The summed E-state index contributed by atoms with van der Waals surface area (Å²) in [5, 5.41) is 30.0. The second kappa shape index (κ2) is 3.97. The number of H-pyrrole nitrogens is 1. The van der Waals surface area contributed by atoms with Crippen LogP contribution >= 0.6 is 0 Å². The first kappa shape index (κ1) is 13.0. The van der Waals surface area contributed by atoms with Crippen LogP contribution in [0.5, 0.6) is 5.75 Å². The van der Waals surface area contributed by atoms with Crippen LogP contribution in [0.1, 0.15) is 35.9 Å². The van der Waals surface area contributed by atoms with Crippen molar-refractivity contribution in [1.82, 2.24) is 4.98 Å². The van der Waals surface area contributed by atoms with Crippen LogP contribution in [0.4, 0.5) is 0 Å². The van der Waals surface area contributed by atoms with Gasteiger partial charge in [-0.05, 0) is 26.0 Å². The summed E-state index contributed by atoms with van der Waals surface area (Å²) in [6.07, 6.45) is -0.874. The average Bonchev–Trinajstić information content (AvgIpc) is 2.79. The first-order valence-corrected chi connectivity index (χ1v) is 6.25. The molecule has 1 aliphatic rings. The fraction of sp³-hybridized carbons (Fsp3) is 0.357. The van der Waals surface area contributed by atoms with Crippen LogP contribution in [-0.2, 0) is 0 Å². The second-order valence-corrected chi connectivity index (χ2v) is 5.50. The number of carboxylic acid groups (broad SMARTS) is 1. The Kier molecular flexibility index (Phi) is 2.57. The van der Waals surface area contributed by atoms with Gasteiger partial charge in [-0.3, -0.25) is 0 Å². The number of ether oxygens (including phenoxy) is 1. The van der Waals surface area contributed by atoms with Gasteiger partial charge >= 0.3 is 5.97 Å². The van der Waals surface area contributed by atoms with E-state index < -0.39 is 23.8 Å². The fourth-order valence-electron chi connectivity index (χ4n) is 2.64. The number of fused-ring (bicyclic) bond motifs is 3. The Morgan fingerprint density at radius 2 is 2.05 bits per heavy atom. The van der Waals surface area contributed by atoms with Crippen LogP contribution in [0.25, 0.3) is 10.9 Å². The molecule has 0 fully saturated rings. The molecule has 2 aromatic rings. The van der Waals surface area contributed by atoms with E-state index in [0.29, 0.717) is 22.2 Å². The number of carbonyl (C=O) groups is 1. The van der Waals surface area contributed by atoms with E-state index in [2.05, 4.69) is 4.98 Å². The molecule has 1 aromatic heterocycles. The highest BCUT2D eigenvalue weighted by molar-refractivity contribution is 6.04. The third kappa shape index (κ3) is 1.62. The van der Waals surface area contributed by atoms with Crippen molar-refractivity contribution in [2.45, 2.75) is 31.7 Å². The molecule has 1 aromatic carbocycles. The molecule has 0 bridgehead atoms. The van der Waals surface area contributed by atoms with Crippen molar-refractivity contribution in [3.63, 3.8) is 0 Å². The molecule has 2 unspecified atom stereocenters. The number of aromatic nitrogens is 1. The van der Waals surface area contributed by atoms with Gasteiger partial charge in [-0.1, -0.05) is 0 Å². The van der Waals surface area contributed by atoms with Crippen molar-refractivity contribution in [3.05, 3.63) is 29.5 Å². The highest BCUT2D eigenvalue weighted by Crippen LogP contribution is 2.43. The molecule has 0 saturated heterocycles.